The first-order valence-corrected chi connectivity index (χ1v) is 13.0. The molecular weight excluding hydrogens is 513 g/mol. The van der Waals surface area contributed by atoms with E-state index in [9.17, 15) is 27.3 Å². The molecular formula is C24H19F3N4O3S2. The number of aromatic nitrogens is 3. The predicted octanol–water partition coefficient (Wildman–Crippen LogP) is 4.64. The highest BCUT2D eigenvalue weighted by Crippen LogP contribution is 2.38. The number of aromatic carboxylic acids is 1. The Hall–Kier alpha value is -3.35. The average Bonchev–Trinajstić information content (AvgIpc) is 3.35. The van der Waals surface area contributed by atoms with Gasteiger partial charge in [-0.25, -0.2) is 37.0 Å². The van der Waals surface area contributed by atoms with Gasteiger partial charge >= 0.3 is 5.97 Å². The zero-order chi connectivity index (χ0) is 25.6. The lowest BCUT2D eigenvalue weighted by Crippen LogP contribution is -2.07. The van der Waals surface area contributed by atoms with Crippen LogP contribution >= 0.6 is 11.3 Å². The SMILES string of the molecule is NS(=O)c1ccc(Cc2c(-c3cc(F)cc(F)c3)nn(-c3nc(C(=O)O)cs3)c2CC2CC2)cc1F. The molecule has 0 spiro atoms. The molecule has 2 aromatic heterocycles. The zero-order valence-electron chi connectivity index (χ0n) is 18.6. The van der Waals surface area contributed by atoms with Crippen LogP contribution < -0.4 is 5.14 Å². The topological polar surface area (TPSA) is 111 Å². The fourth-order valence-corrected chi connectivity index (χ4v) is 5.26. The van der Waals surface area contributed by atoms with E-state index < -0.39 is 34.4 Å². The van der Waals surface area contributed by atoms with Crippen LogP contribution in [0.2, 0.25) is 0 Å². The van der Waals surface area contributed by atoms with E-state index in [1.165, 1.54) is 22.2 Å². The summed E-state index contributed by atoms with van der Waals surface area (Å²) in [5.74, 6) is -3.10. The number of hydrogen-bond donors (Lipinski definition) is 2. The van der Waals surface area contributed by atoms with Crippen molar-refractivity contribution in [3.63, 3.8) is 0 Å². The number of hydrogen-bond acceptors (Lipinski definition) is 5. The van der Waals surface area contributed by atoms with E-state index in [1.54, 1.807) is 6.07 Å². The Balaban J connectivity index is 1.69. The number of carboxylic acids is 1. The summed E-state index contributed by atoms with van der Waals surface area (Å²) in [7, 11) is -1.99. The van der Waals surface area contributed by atoms with Crippen molar-refractivity contribution in [3.05, 3.63) is 81.7 Å². The van der Waals surface area contributed by atoms with Gasteiger partial charge in [-0.3, -0.25) is 0 Å². The lowest BCUT2D eigenvalue weighted by molar-refractivity contribution is 0.0691. The summed E-state index contributed by atoms with van der Waals surface area (Å²) < 4.78 is 55.9. The largest absolute Gasteiger partial charge is 0.476 e. The third-order valence-electron chi connectivity index (χ3n) is 5.89. The van der Waals surface area contributed by atoms with Gasteiger partial charge in [-0.2, -0.15) is 5.10 Å². The minimum absolute atomic E-state index is 0.135. The van der Waals surface area contributed by atoms with E-state index in [0.717, 1.165) is 42.4 Å². The van der Waals surface area contributed by atoms with E-state index in [1.807, 2.05) is 0 Å². The van der Waals surface area contributed by atoms with E-state index in [-0.39, 0.29) is 28.3 Å². The first-order valence-electron chi connectivity index (χ1n) is 10.9. The van der Waals surface area contributed by atoms with Crippen LogP contribution in [0.3, 0.4) is 0 Å². The van der Waals surface area contributed by atoms with Gasteiger partial charge < -0.3 is 5.11 Å². The Labute approximate surface area is 210 Å². The molecule has 3 N–H and O–H groups in total. The second-order valence-electron chi connectivity index (χ2n) is 8.55. The standard InChI is InChI=1S/C24H19F3N4O3S2/c25-15-8-14(9-16(26)10-15)22-17(5-13-3-4-21(36(28)34)18(27)6-13)20(7-12-1-2-12)31(30-22)24-29-19(11-35-24)23(32)33/h3-4,6,8-12H,1-2,5,7,28H2,(H,32,33). The van der Waals surface area contributed by atoms with Crippen molar-refractivity contribution in [1.29, 1.82) is 0 Å². The fourth-order valence-electron chi connectivity index (χ4n) is 4.04. The number of carbonyl (C=O) groups is 1. The molecule has 12 heteroatoms. The number of thiazole rings is 1. The molecule has 1 aliphatic carbocycles. The van der Waals surface area contributed by atoms with Crippen molar-refractivity contribution < 1.29 is 27.3 Å². The molecule has 7 nitrogen and oxygen atoms in total. The van der Waals surface area contributed by atoms with Crippen molar-refractivity contribution in [3.8, 4) is 16.4 Å². The monoisotopic (exact) mass is 532 g/mol. The molecule has 36 heavy (non-hydrogen) atoms. The lowest BCUT2D eigenvalue weighted by Gasteiger charge is -2.10. The van der Waals surface area contributed by atoms with Gasteiger partial charge in [-0.15, -0.1) is 11.3 Å². The van der Waals surface area contributed by atoms with Crippen molar-refractivity contribution in [2.24, 2.45) is 11.1 Å². The normalized spacial score (nSPS) is 14.2. The van der Waals surface area contributed by atoms with Gasteiger partial charge in [-0.05, 0) is 55.0 Å². The van der Waals surface area contributed by atoms with E-state index in [4.69, 9.17) is 5.14 Å². The molecule has 186 valence electrons. The third kappa shape index (κ3) is 4.97. The highest BCUT2D eigenvalue weighted by Gasteiger charge is 2.29. The summed E-state index contributed by atoms with van der Waals surface area (Å²) in [6.07, 6.45) is 2.73. The highest BCUT2D eigenvalue weighted by molar-refractivity contribution is 7.82. The smallest absolute Gasteiger partial charge is 0.355 e. The summed E-state index contributed by atoms with van der Waals surface area (Å²) in [6.45, 7) is 0. The molecule has 1 atom stereocenters. The lowest BCUT2D eigenvalue weighted by atomic mass is 9.97. The molecule has 4 aromatic rings. The van der Waals surface area contributed by atoms with Crippen LogP contribution in [0.15, 0.2) is 46.7 Å². The van der Waals surface area contributed by atoms with Gasteiger partial charge in [0, 0.05) is 29.0 Å². The average molecular weight is 533 g/mol. The number of benzene rings is 2. The Kier molecular flexibility index (Phi) is 6.49. The zero-order valence-corrected chi connectivity index (χ0v) is 20.2. The Morgan fingerprint density at radius 1 is 1.17 bits per heavy atom. The van der Waals surface area contributed by atoms with Gasteiger partial charge in [0.05, 0.1) is 16.3 Å². The summed E-state index contributed by atoms with van der Waals surface area (Å²) in [4.78, 5) is 15.4. The van der Waals surface area contributed by atoms with Crippen LogP contribution in [0.5, 0.6) is 0 Å². The number of nitrogens with two attached hydrogens (primary N) is 1. The van der Waals surface area contributed by atoms with Crippen molar-refractivity contribution in [1.82, 2.24) is 14.8 Å². The molecule has 1 saturated carbocycles. The Morgan fingerprint density at radius 2 is 1.89 bits per heavy atom. The highest BCUT2D eigenvalue weighted by atomic mass is 32.2. The second-order valence-corrected chi connectivity index (χ2v) is 10.4. The molecule has 0 saturated heterocycles. The maximum absolute atomic E-state index is 14.5. The van der Waals surface area contributed by atoms with Crippen molar-refractivity contribution in [2.75, 3.05) is 0 Å². The molecule has 0 radical (unpaired) electrons. The summed E-state index contributed by atoms with van der Waals surface area (Å²) in [5.41, 5.74) is 2.16. The van der Waals surface area contributed by atoms with Crippen LogP contribution in [0.4, 0.5) is 13.2 Å². The second kappa shape index (κ2) is 9.60. The Morgan fingerprint density at radius 3 is 2.47 bits per heavy atom. The Bertz CT molecular complexity index is 1490. The van der Waals surface area contributed by atoms with Crippen LogP contribution in [0, 0.1) is 23.4 Å². The van der Waals surface area contributed by atoms with Crippen molar-refractivity contribution in [2.45, 2.75) is 30.6 Å². The molecule has 1 fully saturated rings. The maximum atomic E-state index is 14.5. The fraction of sp³-hybridized carbons (Fsp3) is 0.208. The number of carboxylic acid groups (broad SMARTS) is 1. The quantitative estimate of drug-likeness (QED) is 0.344. The number of halogens is 3. The van der Waals surface area contributed by atoms with Crippen LogP contribution in [0.1, 0.15) is 40.2 Å². The van der Waals surface area contributed by atoms with E-state index in [2.05, 4.69) is 10.1 Å². The van der Waals surface area contributed by atoms with Gasteiger partial charge in [-0.1, -0.05) is 6.07 Å². The minimum Gasteiger partial charge on any atom is -0.476 e. The predicted molar refractivity (Wildman–Crippen MR) is 128 cm³/mol. The summed E-state index contributed by atoms with van der Waals surface area (Å²) in [6, 6.07) is 7.22. The molecule has 1 aliphatic rings. The molecule has 2 heterocycles. The van der Waals surface area contributed by atoms with Gasteiger partial charge in [0.15, 0.2) is 5.69 Å². The molecule has 0 aliphatic heterocycles. The van der Waals surface area contributed by atoms with Gasteiger partial charge in [0.25, 0.3) is 0 Å². The van der Waals surface area contributed by atoms with Gasteiger partial charge in [0.2, 0.25) is 5.13 Å². The first-order chi connectivity index (χ1) is 17.2. The number of nitrogens with zero attached hydrogens (tertiary/aromatic N) is 3. The molecule has 0 amide bonds. The van der Waals surface area contributed by atoms with E-state index in [0.29, 0.717) is 34.3 Å². The molecule has 0 bridgehead atoms. The van der Waals surface area contributed by atoms with E-state index >= 15 is 0 Å². The summed E-state index contributed by atoms with van der Waals surface area (Å²) in [5, 5.41) is 21.0. The molecule has 2 aromatic carbocycles. The first kappa shape index (κ1) is 24.3. The minimum atomic E-state index is -1.99. The molecule has 1 unspecified atom stereocenters. The van der Waals surface area contributed by atoms with Crippen molar-refractivity contribution >= 4 is 28.3 Å². The van der Waals surface area contributed by atoms with Crippen LogP contribution in [0.25, 0.3) is 16.4 Å². The molecule has 5 rings (SSSR count). The van der Waals surface area contributed by atoms with Crippen LogP contribution in [-0.2, 0) is 23.8 Å². The third-order valence-corrected chi connectivity index (χ3v) is 7.47. The van der Waals surface area contributed by atoms with Crippen LogP contribution in [-0.4, -0.2) is 30.0 Å². The number of rotatable bonds is 8. The summed E-state index contributed by atoms with van der Waals surface area (Å²) >= 11 is 1.08. The maximum Gasteiger partial charge on any atom is 0.355 e. The van der Waals surface area contributed by atoms with Gasteiger partial charge in [0.1, 0.15) is 28.4 Å².